The molecule has 0 amide bonds. The van der Waals surface area contributed by atoms with Crippen LogP contribution in [0.25, 0.3) is 0 Å². The molecule has 1 aromatic rings. The lowest BCUT2D eigenvalue weighted by atomic mass is 9.76. The van der Waals surface area contributed by atoms with Crippen LogP contribution in [0.3, 0.4) is 0 Å². The van der Waals surface area contributed by atoms with Crippen LogP contribution in [0.15, 0.2) is 0 Å². The van der Waals surface area contributed by atoms with Crippen molar-refractivity contribution >= 4 is 5.69 Å². The van der Waals surface area contributed by atoms with Gasteiger partial charge in [0.05, 0.1) is 12.1 Å². The van der Waals surface area contributed by atoms with Crippen LogP contribution in [0.5, 0.6) is 0 Å². The van der Waals surface area contributed by atoms with Gasteiger partial charge in [0.15, 0.2) is 0 Å². The van der Waals surface area contributed by atoms with Gasteiger partial charge in [-0.2, -0.15) is 22.5 Å². The lowest BCUT2D eigenvalue weighted by Crippen LogP contribution is -2.46. The molecule has 0 spiro atoms. The van der Waals surface area contributed by atoms with Gasteiger partial charge in [-0.25, -0.2) is 0 Å². The van der Waals surface area contributed by atoms with E-state index in [9.17, 15) is 22.7 Å². The number of pyridine rings is 1. The molecule has 3 nitrogen and oxygen atoms in total. The van der Waals surface area contributed by atoms with Crippen molar-refractivity contribution in [3.05, 3.63) is 23.5 Å². The smallest absolute Gasteiger partial charge is 0.253 e. The quantitative estimate of drug-likeness (QED) is 0.665. The van der Waals surface area contributed by atoms with Crippen molar-refractivity contribution in [3.8, 4) is 0 Å². The number of aliphatic hydroxyl groups is 1. The Hall–Kier alpha value is -1.37. The van der Waals surface area contributed by atoms with Crippen molar-refractivity contribution in [1.29, 1.82) is 0 Å². The van der Waals surface area contributed by atoms with E-state index in [4.69, 9.17) is 0 Å². The van der Waals surface area contributed by atoms with Crippen molar-refractivity contribution in [3.63, 3.8) is 0 Å². The molecule has 7 heteroatoms. The highest BCUT2D eigenvalue weighted by molar-refractivity contribution is 5.48. The summed E-state index contributed by atoms with van der Waals surface area (Å²) in [7, 11) is 0. The summed E-state index contributed by atoms with van der Waals surface area (Å²) in [6.45, 7) is 1.58. The Morgan fingerprint density at radius 2 is 1.85 bits per heavy atom. The van der Waals surface area contributed by atoms with Crippen molar-refractivity contribution in [2.75, 3.05) is 11.9 Å². The fraction of sp³-hybridized carbons (Fsp3) is 0.615. The molecule has 0 bridgehead atoms. The fourth-order valence-corrected chi connectivity index (χ4v) is 2.82. The van der Waals surface area contributed by atoms with Crippen molar-refractivity contribution in [2.24, 2.45) is 5.92 Å². The molecule has 2 atom stereocenters. The third-order valence-corrected chi connectivity index (χ3v) is 3.78. The summed E-state index contributed by atoms with van der Waals surface area (Å²) in [5.74, 6) is -6.32. The molecule has 0 saturated heterocycles. The molecule has 112 valence electrons. The van der Waals surface area contributed by atoms with E-state index in [2.05, 4.69) is 10.3 Å². The summed E-state index contributed by atoms with van der Waals surface area (Å²) in [6.07, 6.45) is 2.63. The topological polar surface area (TPSA) is 45.1 Å². The summed E-state index contributed by atoms with van der Waals surface area (Å²) in [5.41, 5.74) is -1.88. The van der Waals surface area contributed by atoms with Crippen LogP contribution >= 0.6 is 0 Å². The summed E-state index contributed by atoms with van der Waals surface area (Å²) >= 11 is 0. The van der Waals surface area contributed by atoms with E-state index >= 15 is 0 Å². The van der Waals surface area contributed by atoms with Gasteiger partial charge in [-0.3, -0.25) is 0 Å². The standard InChI is InChI=1S/C13H16F4N2O/c1-7-3-2-4-13(5-7,6-20)19-10-8(14)11(16)18-12(17)9(10)15/h7,20H,2-6H2,1H3,(H,18,19). The van der Waals surface area contributed by atoms with Gasteiger partial charge < -0.3 is 10.4 Å². The van der Waals surface area contributed by atoms with Crippen LogP contribution in [0.1, 0.15) is 32.6 Å². The summed E-state index contributed by atoms with van der Waals surface area (Å²) < 4.78 is 53.4. The number of hydrogen-bond donors (Lipinski definition) is 2. The zero-order valence-electron chi connectivity index (χ0n) is 11.0. The molecule has 0 aromatic carbocycles. The van der Waals surface area contributed by atoms with Gasteiger partial charge in [0, 0.05) is 0 Å². The van der Waals surface area contributed by atoms with Crippen LogP contribution < -0.4 is 5.32 Å². The number of nitrogens with zero attached hydrogens (tertiary/aromatic N) is 1. The van der Waals surface area contributed by atoms with Crippen LogP contribution in [0, 0.1) is 29.4 Å². The van der Waals surface area contributed by atoms with Gasteiger partial charge in [-0.15, -0.1) is 0 Å². The summed E-state index contributed by atoms with van der Waals surface area (Å²) in [6, 6.07) is 0. The number of halogens is 4. The lowest BCUT2D eigenvalue weighted by Gasteiger charge is -2.40. The molecule has 2 rings (SSSR count). The first-order valence-corrected chi connectivity index (χ1v) is 6.47. The highest BCUT2D eigenvalue weighted by Gasteiger charge is 2.36. The maximum Gasteiger partial charge on any atom is 0.253 e. The Balaban J connectivity index is 2.37. The zero-order chi connectivity index (χ0) is 14.9. The molecular weight excluding hydrogens is 276 g/mol. The fourth-order valence-electron chi connectivity index (χ4n) is 2.82. The first kappa shape index (κ1) is 15.0. The van der Waals surface area contributed by atoms with Crippen LogP contribution in [0.2, 0.25) is 0 Å². The largest absolute Gasteiger partial charge is 0.394 e. The first-order valence-electron chi connectivity index (χ1n) is 6.47. The minimum Gasteiger partial charge on any atom is -0.394 e. The molecular formula is C13H16F4N2O. The first-order chi connectivity index (χ1) is 9.38. The number of hydrogen-bond acceptors (Lipinski definition) is 3. The normalized spacial score (nSPS) is 26.6. The van der Waals surface area contributed by atoms with E-state index in [1.165, 1.54) is 0 Å². The van der Waals surface area contributed by atoms with Crippen molar-refractivity contribution < 1.29 is 22.7 Å². The second-order valence-electron chi connectivity index (χ2n) is 5.46. The Bertz CT molecular complexity index is 485. The Labute approximate surface area is 114 Å². The molecule has 1 fully saturated rings. The van der Waals surface area contributed by atoms with Crippen LogP contribution in [0.4, 0.5) is 23.2 Å². The predicted molar refractivity (Wildman–Crippen MR) is 65.1 cm³/mol. The van der Waals surface area contributed by atoms with E-state index in [0.29, 0.717) is 12.8 Å². The minimum absolute atomic E-state index is 0.242. The van der Waals surface area contributed by atoms with Crippen LogP contribution in [-0.2, 0) is 0 Å². The van der Waals surface area contributed by atoms with Crippen molar-refractivity contribution in [1.82, 2.24) is 4.98 Å². The van der Waals surface area contributed by atoms with Gasteiger partial charge in [-0.05, 0) is 18.8 Å². The highest BCUT2D eigenvalue weighted by Crippen LogP contribution is 2.36. The minimum atomic E-state index is -1.71. The van der Waals surface area contributed by atoms with E-state index in [0.717, 1.165) is 12.8 Å². The molecule has 1 aliphatic carbocycles. The summed E-state index contributed by atoms with van der Waals surface area (Å²) in [5, 5.41) is 12.0. The van der Waals surface area contributed by atoms with E-state index in [1.54, 1.807) is 0 Å². The number of aliphatic hydroxyl groups excluding tert-OH is 1. The predicted octanol–water partition coefficient (Wildman–Crippen LogP) is 2.99. The molecule has 1 aliphatic rings. The monoisotopic (exact) mass is 292 g/mol. The Morgan fingerprint density at radius 3 is 2.35 bits per heavy atom. The average Bonchev–Trinajstić information content (AvgIpc) is 2.41. The molecule has 1 aromatic heterocycles. The molecule has 0 radical (unpaired) electrons. The summed E-state index contributed by atoms with van der Waals surface area (Å²) in [4.78, 5) is 2.50. The third kappa shape index (κ3) is 2.72. The van der Waals surface area contributed by atoms with Gasteiger partial charge in [0.25, 0.3) is 11.9 Å². The second kappa shape index (κ2) is 5.55. The SMILES string of the molecule is CC1CCCC(CO)(Nc2c(F)c(F)nc(F)c2F)C1. The van der Waals surface area contributed by atoms with Gasteiger partial charge in [-0.1, -0.05) is 19.8 Å². The van der Waals surface area contributed by atoms with Gasteiger partial charge >= 0.3 is 0 Å². The Morgan fingerprint density at radius 1 is 1.25 bits per heavy atom. The molecule has 2 unspecified atom stereocenters. The lowest BCUT2D eigenvalue weighted by molar-refractivity contribution is 0.148. The maximum absolute atomic E-state index is 13.6. The number of anilines is 1. The number of nitrogens with one attached hydrogen (secondary N) is 1. The molecule has 0 aliphatic heterocycles. The van der Waals surface area contributed by atoms with Crippen molar-refractivity contribution in [2.45, 2.75) is 38.1 Å². The van der Waals surface area contributed by atoms with E-state index in [-0.39, 0.29) is 12.5 Å². The van der Waals surface area contributed by atoms with Gasteiger partial charge in [0.1, 0.15) is 5.69 Å². The highest BCUT2D eigenvalue weighted by atomic mass is 19.2. The zero-order valence-corrected chi connectivity index (χ0v) is 11.0. The Kier molecular flexibility index (Phi) is 4.17. The molecule has 2 N–H and O–H groups in total. The van der Waals surface area contributed by atoms with E-state index < -0.39 is 34.8 Å². The average molecular weight is 292 g/mol. The van der Waals surface area contributed by atoms with E-state index in [1.807, 2.05) is 6.92 Å². The van der Waals surface area contributed by atoms with Gasteiger partial charge in [0.2, 0.25) is 11.6 Å². The maximum atomic E-state index is 13.6. The third-order valence-electron chi connectivity index (χ3n) is 3.78. The number of aromatic nitrogens is 1. The molecule has 1 heterocycles. The molecule has 1 saturated carbocycles. The molecule has 20 heavy (non-hydrogen) atoms. The van der Waals surface area contributed by atoms with Crippen LogP contribution in [-0.4, -0.2) is 22.2 Å². The second-order valence-corrected chi connectivity index (χ2v) is 5.46. The number of rotatable bonds is 3.